The molecule has 0 fully saturated rings. The van der Waals surface area contributed by atoms with E-state index in [1.54, 1.807) is 24.3 Å². The summed E-state index contributed by atoms with van der Waals surface area (Å²) in [5.41, 5.74) is 0.267. The molecule has 0 saturated heterocycles. The van der Waals surface area contributed by atoms with Crippen molar-refractivity contribution >= 4 is 23.4 Å². The molecule has 0 atom stereocenters. The van der Waals surface area contributed by atoms with Gasteiger partial charge in [0.05, 0.1) is 22.5 Å². The van der Waals surface area contributed by atoms with Crippen LogP contribution in [0.3, 0.4) is 0 Å². The number of nitrogens with zero attached hydrogens (tertiary/aromatic N) is 2. The zero-order valence-electron chi connectivity index (χ0n) is 10.5. The summed E-state index contributed by atoms with van der Waals surface area (Å²) in [6.45, 7) is 0. The molecule has 2 aromatic rings. The number of pyridine rings is 1. The number of hydrogen-bond donors (Lipinski definition) is 0. The lowest BCUT2D eigenvalue weighted by Crippen LogP contribution is -2.02. The highest BCUT2D eigenvalue weighted by Gasteiger charge is 2.18. The van der Waals surface area contributed by atoms with Gasteiger partial charge in [0.1, 0.15) is 6.20 Å². The van der Waals surface area contributed by atoms with Crippen LogP contribution in [0.4, 0.5) is 5.69 Å². The fourth-order valence-electron chi connectivity index (χ4n) is 1.55. The molecule has 0 aliphatic rings. The van der Waals surface area contributed by atoms with Crippen LogP contribution in [0.2, 0.25) is 0 Å². The second-order valence-corrected chi connectivity index (χ2v) is 4.77. The number of methoxy groups -OCH3 is 1. The average Bonchev–Trinajstić information content (AvgIpc) is 2.47. The van der Waals surface area contributed by atoms with Crippen LogP contribution < -0.4 is 0 Å². The first kappa shape index (κ1) is 14.0. The Balaban J connectivity index is 2.41. The molecule has 0 saturated carbocycles. The SMILES string of the molecule is COC(=O)c1ccccc1Sc1ccncc1[N+](=O)[O-]. The van der Waals surface area contributed by atoms with Gasteiger partial charge in [0, 0.05) is 11.1 Å². The van der Waals surface area contributed by atoms with E-state index in [1.807, 2.05) is 0 Å². The molecule has 0 unspecified atom stereocenters. The third-order valence-electron chi connectivity index (χ3n) is 2.47. The van der Waals surface area contributed by atoms with Gasteiger partial charge >= 0.3 is 11.7 Å². The van der Waals surface area contributed by atoms with Crippen LogP contribution in [0.15, 0.2) is 52.5 Å². The minimum Gasteiger partial charge on any atom is -0.465 e. The van der Waals surface area contributed by atoms with Crippen LogP contribution in [0.5, 0.6) is 0 Å². The number of carbonyl (C=O) groups is 1. The first-order valence-electron chi connectivity index (χ1n) is 5.57. The molecule has 6 nitrogen and oxygen atoms in total. The van der Waals surface area contributed by atoms with Crippen molar-refractivity contribution in [2.45, 2.75) is 9.79 Å². The molecule has 0 N–H and O–H groups in total. The highest BCUT2D eigenvalue weighted by molar-refractivity contribution is 7.99. The zero-order valence-corrected chi connectivity index (χ0v) is 11.3. The summed E-state index contributed by atoms with van der Waals surface area (Å²) in [6, 6.07) is 8.32. The van der Waals surface area contributed by atoms with Gasteiger partial charge in [-0.1, -0.05) is 23.9 Å². The molecule has 1 heterocycles. The van der Waals surface area contributed by atoms with Crippen LogP contribution in [0.25, 0.3) is 0 Å². The summed E-state index contributed by atoms with van der Waals surface area (Å²) in [5, 5.41) is 10.9. The van der Waals surface area contributed by atoms with Crippen molar-refractivity contribution in [3.8, 4) is 0 Å². The Hall–Kier alpha value is -2.41. The summed E-state index contributed by atoms with van der Waals surface area (Å²) >= 11 is 1.13. The molecule has 20 heavy (non-hydrogen) atoms. The van der Waals surface area contributed by atoms with E-state index in [4.69, 9.17) is 4.74 Å². The second-order valence-electron chi connectivity index (χ2n) is 3.69. The van der Waals surface area contributed by atoms with E-state index in [0.29, 0.717) is 15.4 Å². The van der Waals surface area contributed by atoms with Crippen LogP contribution in [-0.2, 0) is 4.74 Å². The second kappa shape index (κ2) is 6.16. The van der Waals surface area contributed by atoms with Crippen molar-refractivity contribution in [2.75, 3.05) is 7.11 Å². The van der Waals surface area contributed by atoms with Crippen molar-refractivity contribution in [1.29, 1.82) is 0 Å². The molecule has 0 spiro atoms. The number of aromatic nitrogens is 1. The van der Waals surface area contributed by atoms with Crippen molar-refractivity contribution in [3.63, 3.8) is 0 Å². The van der Waals surface area contributed by atoms with E-state index in [2.05, 4.69) is 4.98 Å². The summed E-state index contributed by atoms with van der Waals surface area (Å²) in [4.78, 5) is 26.8. The van der Waals surface area contributed by atoms with E-state index in [-0.39, 0.29) is 5.69 Å². The van der Waals surface area contributed by atoms with E-state index in [9.17, 15) is 14.9 Å². The van der Waals surface area contributed by atoms with Crippen molar-refractivity contribution in [3.05, 3.63) is 58.4 Å². The quantitative estimate of drug-likeness (QED) is 0.489. The van der Waals surface area contributed by atoms with Crippen LogP contribution in [0, 0.1) is 10.1 Å². The van der Waals surface area contributed by atoms with Gasteiger partial charge in [-0.15, -0.1) is 0 Å². The molecule has 0 bridgehead atoms. The maximum absolute atomic E-state index is 11.7. The highest BCUT2D eigenvalue weighted by atomic mass is 32.2. The normalized spacial score (nSPS) is 10.1. The fraction of sp³-hybridized carbons (Fsp3) is 0.0769. The first-order chi connectivity index (χ1) is 9.63. The fourth-order valence-corrected chi connectivity index (χ4v) is 2.56. The molecular weight excluding hydrogens is 280 g/mol. The average molecular weight is 290 g/mol. The Morgan fingerprint density at radius 3 is 2.75 bits per heavy atom. The van der Waals surface area contributed by atoms with Gasteiger partial charge in [0.2, 0.25) is 0 Å². The predicted molar refractivity (Wildman–Crippen MR) is 72.8 cm³/mol. The summed E-state index contributed by atoms with van der Waals surface area (Å²) < 4.78 is 4.69. The van der Waals surface area contributed by atoms with Gasteiger partial charge in [-0.3, -0.25) is 15.1 Å². The van der Waals surface area contributed by atoms with E-state index < -0.39 is 10.9 Å². The van der Waals surface area contributed by atoms with Crippen LogP contribution >= 0.6 is 11.8 Å². The topological polar surface area (TPSA) is 82.3 Å². The number of nitro groups is 1. The maximum atomic E-state index is 11.7. The van der Waals surface area contributed by atoms with E-state index >= 15 is 0 Å². The molecule has 0 radical (unpaired) electrons. The van der Waals surface area contributed by atoms with Gasteiger partial charge in [0.15, 0.2) is 0 Å². The molecule has 0 aliphatic carbocycles. The molecule has 1 aromatic heterocycles. The Bertz CT molecular complexity index is 660. The summed E-state index contributed by atoms with van der Waals surface area (Å²) in [6.07, 6.45) is 2.65. The monoisotopic (exact) mass is 290 g/mol. The Morgan fingerprint density at radius 2 is 2.05 bits per heavy atom. The number of carbonyl (C=O) groups excluding carboxylic acids is 1. The third-order valence-corrected chi connectivity index (χ3v) is 3.61. The van der Waals surface area contributed by atoms with Gasteiger partial charge in [-0.25, -0.2) is 4.79 Å². The lowest BCUT2D eigenvalue weighted by Gasteiger charge is -2.07. The lowest BCUT2D eigenvalue weighted by molar-refractivity contribution is -0.388. The maximum Gasteiger partial charge on any atom is 0.339 e. The summed E-state index contributed by atoms with van der Waals surface area (Å²) in [7, 11) is 1.29. The molecule has 2 rings (SSSR count). The predicted octanol–water partition coefficient (Wildman–Crippen LogP) is 2.93. The molecule has 0 aliphatic heterocycles. The number of rotatable bonds is 4. The summed E-state index contributed by atoms with van der Waals surface area (Å²) in [5.74, 6) is -0.482. The van der Waals surface area contributed by atoms with Crippen LogP contribution in [0.1, 0.15) is 10.4 Å². The minimum absolute atomic E-state index is 0.0998. The van der Waals surface area contributed by atoms with E-state index in [0.717, 1.165) is 11.8 Å². The number of ether oxygens (including phenoxy) is 1. The molecule has 7 heteroatoms. The van der Waals surface area contributed by atoms with E-state index in [1.165, 1.54) is 25.6 Å². The smallest absolute Gasteiger partial charge is 0.339 e. The largest absolute Gasteiger partial charge is 0.465 e. The van der Waals surface area contributed by atoms with Gasteiger partial charge in [-0.2, -0.15) is 0 Å². The number of benzene rings is 1. The standard InChI is InChI=1S/C13H10N2O4S/c1-19-13(16)9-4-2-3-5-11(9)20-12-6-7-14-8-10(12)15(17)18/h2-8H,1H3. The highest BCUT2D eigenvalue weighted by Crippen LogP contribution is 2.35. The zero-order chi connectivity index (χ0) is 14.5. The molecule has 0 amide bonds. The lowest BCUT2D eigenvalue weighted by atomic mass is 10.2. The Morgan fingerprint density at radius 1 is 1.30 bits per heavy atom. The van der Waals surface area contributed by atoms with Gasteiger partial charge in [0.25, 0.3) is 0 Å². The van der Waals surface area contributed by atoms with Crippen molar-refractivity contribution in [1.82, 2.24) is 4.98 Å². The number of hydrogen-bond acceptors (Lipinski definition) is 6. The van der Waals surface area contributed by atoms with Crippen molar-refractivity contribution < 1.29 is 14.5 Å². The molecule has 102 valence electrons. The Labute approximate surface area is 118 Å². The van der Waals surface area contributed by atoms with Gasteiger partial charge in [-0.05, 0) is 18.2 Å². The van der Waals surface area contributed by atoms with Crippen molar-refractivity contribution in [2.24, 2.45) is 0 Å². The first-order valence-corrected chi connectivity index (χ1v) is 6.38. The minimum atomic E-state index is -0.504. The molecule has 1 aromatic carbocycles. The third kappa shape index (κ3) is 2.94. The molecular formula is C13H10N2O4S. The Kier molecular flexibility index (Phi) is 4.31. The van der Waals surface area contributed by atoms with Gasteiger partial charge < -0.3 is 4.74 Å². The van der Waals surface area contributed by atoms with Crippen LogP contribution in [-0.4, -0.2) is 23.0 Å². The number of esters is 1.